The fourth-order valence-electron chi connectivity index (χ4n) is 3.06. The van der Waals surface area contributed by atoms with Crippen LogP contribution in [0.3, 0.4) is 0 Å². The SMILES string of the molecule is CCC(C)N(CC(=O)N(Cc1cccn1C)CC(C)C)C(=O)CC(C)(C)C. The van der Waals surface area contributed by atoms with Crippen LogP contribution < -0.4 is 0 Å². The van der Waals surface area contributed by atoms with Gasteiger partial charge in [-0.3, -0.25) is 9.59 Å². The predicted molar refractivity (Wildman–Crippen MR) is 111 cm³/mol. The predicted octanol–water partition coefficient (Wildman–Crippen LogP) is 4.07. The summed E-state index contributed by atoms with van der Waals surface area (Å²) in [5.41, 5.74) is 1.01. The van der Waals surface area contributed by atoms with E-state index in [2.05, 4.69) is 41.5 Å². The molecule has 1 aromatic heterocycles. The monoisotopic (exact) mass is 377 g/mol. The van der Waals surface area contributed by atoms with Crippen molar-refractivity contribution < 1.29 is 9.59 Å². The van der Waals surface area contributed by atoms with Crippen LogP contribution in [0.1, 0.15) is 67.0 Å². The lowest BCUT2D eigenvalue weighted by atomic mass is 9.91. The van der Waals surface area contributed by atoms with Crippen molar-refractivity contribution in [2.24, 2.45) is 18.4 Å². The van der Waals surface area contributed by atoms with Gasteiger partial charge in [-0.05, 0) is 36.8 Å². The summed E-state index contributed by atoms with van der Waals surface area (Å²) >= 11 is 0. The van der Waals surface area contributed by atoms with E-state index in [-0.39, 0.29) is 29.8 Å². The van der Waals surface area contributed by atoms with Crippen LogP contribution in [0.4, 0.5) is 0 Å². The smallest absolute Gasteiger partial charge is 0.242 e. The highest BCUT2D eigenvalue weighted by Gasteiger charge is 2.28. The van der Waals surface area contributed by atoms with Crippen molar-refractivity contribution in [2.45, 2.75) is 73.9 Å². The summed E-state index contributed by atoms with van der Waals surface area (Å²) in [6.07, 6.45) is 3.28. The second kappa shape index (κ2) is 9.95. The molecule has 0 aliphatic rings. The summed E-state index contributed by atoms with van der Waals surface area (Å²) in [5.74, 6) is 0.456. The number of hydrogen-bond acceptors (Lipinski definition) is 2. The molecule has 154 valence electrons. The molecule has 5 nitrogen and oxygen atoms in total. The molecule has 0 aliphatic heterocycles. The van der Waals surface area contributed by atoms with Gasteiger partial charge in [0.15, 0.2) is 0 Å². The van der Waals surface area contributed by atoms with E-state index in [1.807, 2.05) is 41.8 Å². The molecular weight excluding hydrogens is 338 g/mol. The van der Waals surface area contributed by atoms with Crippen LogP contribution in [-0.4, -0.2) is 45.3 Å². The normalized spacial score (nSPS) is 12.9. The number of aryl methyl sites for hydroxylation is 1. The van der Waals surface area contributed by atoms with Gasteiger partial charge >= 0.3 is 0 Å². The van der Waals surface area contributed by atoms with Gasteiger partial charge in [-0.1, -0.05) is 41.5 Å². The van der Waals surface area contributed by atoms with Crippen LogP contribution in [0.5, 0.6) is 0 Å². The zero-order chi connectivity index (χ0) is 20.8. The molecule has 1 aromatic rings. The zero-order valence-electron chi connectivity index (χ0n) is 18.6. The first kappa shape index (κ1) is 23.3. The molecule has 0 saturated carbocycles. The van der Waals surface area contributed by atoms with E-state index in [1.54, 1.807) is 4.90 Å². The first-order valence-corrected chi connectivity index (χ1v) is 10.1. The van der Waals surface area contributed by atoms with Crippen LogP contribution in [0.2, 0.25) is 0 Å². The first-order valence-electron chi connectivity index (χ1n) is 10.1. The molecule has 0 aliphatic carbocycles. The number of amides is 2. The molecule has 1 heterocycles. The lowest BCUT2D eigenvalue weighted by Gasteiger charge is -2.33. The summed E-state index contributed by atoms with van der Waals surface area (Å²) in [6, 6.07) is 4.09. The van der Waals surface area contributed by atoms with Gasteiger partial charge < -0.3 is 14.4 Å². The summed E-state index contributed by atoms with van der Waals surface area (Å²) in [5, 5.41) is 0. The summed E-state index contributed by atoms with van der Waals surface area (Å²) in [6.45, 7) is 15.9. The molecule has 1 unspecified atom stereocenters. The van der Waals surface area contributed by atoms with Crippen LogP contribution in [0.15, 0.2) is 18.3 Å². The molecule has 0 saturated heterocycles. The third-order valence-electron chi connectivity index (χ3n) is 4.77. The zero-order valence-corrected chi connectivity index (χ0v) is 18.6. The van der Waals surface area contributed by atoms with E-state index in [4.69, 9.17) is 0 Å². The molecule has 1 atom stereocenters. The molecular formula is C22H39N3O2. The highest BCUT2D eigenvalue weighted by molar-refractivity contribution is 5.85. The van der Waals surface area contributed by atoms with Gasteiger partial charge in [0.1, 0.15) is 0 Å². The average Bonchev–Trinajstić information content (AvgIpc) is 2.93. The van der Waals surface area contributed by atoms with Crippen LogP contribution in [0, 0.1) is 11.3 Å². The molecule has 0 aromatic carbocycles. The number of nitrogens with zero attached hydrogens (tertiary/aromatic N) is 3. The van der Waals surface area contributed by atoms with Gasteiger partial charge in [0.2, 0.25) is 11.8 Å². The number of carbonyl (C=O) groups is 2. The molecule has 0 fully saturated rings. The number of aromatic nitrogens is 1. The molecule has 0 radical (unpaired) electrons. The van der Waals surface area contributed by atoms with Gasteiger partial charge in [-0.2, -0.15) is 0 Å². The van der Waals surface area contributed by atoms with Crippen molar-refractivity contribution in [2.75, 3.05) is 13.1 Å². The molecule has 1 rings (SSSR count). The maximum atomic E-state index is 13.1. The Balaban J connectivity index is 2.96. The summed E-state index contributed by atoms with van der Waals surface area (Å²) in [4.78, 5) is 29.7. The second-order valence-corrected chi connectivity index (χ2v) is 9.29. The van der Waals surface area contributed by atoms with Crippen LogP contribution in [0.25, 0.3) is 0 Å². The van der Waals surface area contributed by atoms with Crippen molar-refractivity contribution >= 4 is 11.8 Å². The standard InChI is InChI=1S/C22H39N3O2/c1-9-18(4)25(20(26)13-22(5,6)7)16-21(27)24(14-17(2)3)15-19-11-10-12-23(19)8/h10-12,17-18H,9,13-16H2,1-8H3. The Kier molecular flexibility index (Phi) is 8.58. The van der Waals surface area contributed by atoms with Crippen molar-refractivity contribution in [1.82, 2.24) is 14.4 Å². The van der Waals surface area contributed by atoms with Gasteiger partial charge in [-0.25, -0.2) is 0 Å². The van der Waals surface area contributed by atoms with E-state index in [0.717, 1.165) is 12.1 Å². The number of hydrogen-bond donors (Lipinski definition) is 0. The van der Waals surface area contributed by atoms with Gasteiger partial charge in [0.05, 0.1) is 13.1 Å². The molecule has 0 spiro atoms. The van der Waals surface area contributed by atoms with E-state index >= 15 is 0 Å². The van der Waals surface area contributed by atoms with Crippen molar-refractivity contribution in [3.63, 3.8) is 0 Å². The Morgan fingerprint density at radius 3 is 2.22 bits per heavy atom. The number of rotatable bonds is 9. The molecule has 27 heavy (non-hydrogen) atoms. The minimum absolute atomic E-state index is 0.0208. The lowest BCUT2D eigenvalue weighted by molar-refractivity contribution is -0.144. The molecule has 0 N–H and O–H groups in total. The molecule has 5 heteroatoms. The third-order valence-corrected chi connectivity index (χ3v) is 4.77. The van der Waals surface area contributed by atoms with Gasteiger partial charge in [0.25, 0.3) is 0 Å². The van der Waals surface area contributed by atoms with Gasteiger partial charge in [0, 0.05) is 37.9 Å². The highest BCUT2D eigenvalue weighted by atomic mass is 16.2. The summed E-state index contributed by atoms with van der Waals surface area (Å²) < 4.78 is 2.04. The second-order valence-electron chi connectivity index (χ2n) is 9.29. The maximum Gasteiger partial charge on any atom is 0.242 e. The summed E-state index contributed by atoms with van der Waals surface area (Å²) in [7, 11) is 1.99. The molecule has 2 amide bonds. The van der Waals surface area contributed by atoms with Gasteiger partial charge in [-0.15, -0.1) is 0 Å². The van der Waals surface area contributed by atoms with Crippen molar-refractivity contribution in [3.05, 3.63) is 24.0 Å². The molecule has 0 bridgehead atoms. The van der Waals surface area contributed by atoms with Crippen LogP contribution in [-0.2, 0) is 23.2 Å². The maximum absolute atomic E-state index is 13.1. The fraction of sp³-hybridized carbons (Fsp3) is 0.727. The minimum atomic E-state index is -0.0908. The van der Waals surface area contributed by atoms with Crippen molar-refractivity contribution in [3.8, 4) is 0 Å². The highest BCUT2D eigenvalue weighted by Crippen LogP contribution is 2.21. The van der Waals surface area contributed by atoms with E-state index in [0.29, 0.717) is 25.4 Å². The number of carbonyl (C=O) groups excluding carboxylic acids is 2. The fourth-order valence-corrected chi connectivity index (χ4v) is 3.06. The topological polar surface area (TPSA) is 45.6 Å². The minimum Gasteiger partial charge on any atom is -0.353 e. The van der Waals surface area contributed by atoms with E-state index < -0.39 is 0 Å². The first-order chi connectivity index (χ1) is 12.4. The Bertz CT molecular complexity index is 613. The Labute approximate surface area is 165 Å². The Morgan fingerprint density at radius 2 is 1.78 bits per heavy atom. The Morgan fingerprint density at radius 1 is 1.15 bits per heavy atom. The van der Waals surface area contributed by atoms with E-state index in [1.165, 1.54) is 0 Å². The lowest BCUT2D eigenvalue weighted by Crippen LogP contribution is -2.47. The van der Waals surface area contributed by atoms with Crippen molar-refractivity contribution in [1.29, 1.82) is 0 Å². The average molecular weight is 378 g/mol. The van der Waals surface area contributed by atoms with E-state index in [9.17, 15) is 9.59 Å². The largest absolute Gasteiger partial charge is 0.353 e. The third kappa shape index (κ3) is 7.77. The van der Waals surface area contributed by atoms with Crippen LogP contribution >= 0.6 is 0 Å². The quantitative estimate of drug-likeness (QED) is 0.651. The Hall–Kier alpha value is -1.78.